The second kappa shape index (κ2) is 10.1. The fourth-order valence-corrected chi connectivity index (χ4v) is 4.01. The van der Waals surface area contributed by atoms with Gasteiger partial charge in [0.05, 0.1) is 12.1 Å². The first-order valence-corrected chi connectivity index (χ1v) is 11.4. The SMILES string of the molecule is O=C1Nc2cc(/C=C/CNC(=O)c3cccn(Cc4ccncc4)c3=O)ccc2/C1=C/c1ccc[nH]1. The molecule has 2 amide bonds. The first-order chi connectivity index (χ1) is 17.6. The largest absolute Gasteiger partial charge is 0.362 e. The van der Waals surface area contributed by atoms with Crippen LogP contribution in [0.3, 0.4) is 0 Å². The van der Waals surface area contributed by atoms with Gasteiger partial charge in [-0.3, -0.25) is 19.4 Å². The van der Waals surface area contributed by atoms with Crippen LogP contribution in [0.25, 0.3) is 17.7 Å². The van der Waals surface area contributed by atoms with E-state index in [2.05, 4.69) is 20.6 Å². The number of pyridine rings is 2. The molecule has 0 atom stereocenters. The van der Waals surface area contributed by atoms with Crippen molar-refractivity contribution in [1.29, 1.82) is 0 Å². The van der Waals surface area contributed by atoms with Gasteiger partial charge in [0.15, 0.2) is 0 Å². The summed E-state index contributed by atoms with van der Waals surface area (Å²) in [6.07, 6.45) is 12.3. The average molecular weight is 478 g/mol. The van der Waals surface area contributed by atoms with Crippen molar-refractivity contribution in [2.45, 2.75) is 6.54 Å². The number of carbonyl (C=O) groups is 2. The zero-order valence-electron chi connectivity index (χ0n) is 19.3. The fraction of sp³-hybridized carbons (Fsp3) is 0.0714. The van der Waals surface area contributed by atoms with E-state index in [0.717, 1.165) is 28.1 Å². The lowest BCUT2D eigenvalue weighted by atomic mass is 10.0. The molecule has 8 nitrogen and oxygen atoms in total. The number of hydrogen-bond acceptors (Lipinski definition) is 4. The molecular weight excluding hydrogens is 454 g/mol. The smallest absolute Gasteiger partial charge is 0.263 e. The maximum Gasteiger partial charge on any atom is 0.263 e. The molecule has 0 bridgehead atoms. The number of nitrogens with zero attached hydrogens (tertiary/aromatic N) is 2. The highest BCUT2D eigenvalue weighted by Crippen LogP contribution is 2.33. The molecule has 1 aromatic carbocycles. The minimum Gasteiger partial charge on any atom is -0.362 e. The Morgan fingerprint density at radius 3 is 2.72 bits per heavy atom. The van der Waals surface area contributed by atoms with E-state index in [1.54, 1.807) is 30.7 Å². The third-order valence-corrected chi connectivity index (χ3v) is 5.81. The third kappa shape index (κ3) is 4.92. The predicted octanol–water partition coefficient (Wildman–Crippen LogP) is 3.56. The summed E-state index contributed by atoms with van der Waals surface area (Å²) in [5, 5.41) is 5.65. The Labute approximate surface area is 207 Å². The first kappa shape index (κ1) is 22.8. The normalized spacial score (nSPS) is 13.7. The lowest BCUT2D eigenvalue weighted by Crippen LogP contribution is -2.33. The van der Waals surface area contributed by atoms with Gasteiger partial charge in [-0.15, -0.1) is 0 Å². The molecule has 36 heavy (non-hydrogen) atoms. The molecular formula is C28H23N5O3. The summed E-state index contributed by atoms with van der Waals surface area (Å²) in [5.41, 5.74) is 4.57. The Bertz CT molecular complexity index is 1530. The molecule has 0 radical (unpaired) electrons. The maximum atomic E-state index is 12.8. The van der Waals surface area contributed by atoms with Gasteiger partial charge in [0, 0.05) is 48.3 Å². The summed E-state index contributed by atoms with van der Waals surface area (Å²) in [5.74, 6) is -0.584. The number of hydrogen-bond donors (Lipinski definition) is 3. The molecule has 0 saturated heterocycles. The molecule has 4 aromatic rings. The van der Waals surface area contributed by atoms with Crippen molar-refractivity contribution in [1.82, 2.24) is 19.9 Å². The van der Waals surface area contributed by atoms with E-state index in [0.29, 0.717) is 12.1 Å². The van der Waals surface area contributed by atoms with Gasteiger partial charge in [-0.05, 0) is 59.7 Å². The fourth-order valence-electron chi connectivity index (χ4n) is 4.01. The van der Waals surface area contributed by atoms with Crippen molar-refractivity contribution in [3.05, 3.63) is 124 Å². The summed E-state index contributed by atoms with van der Waals surface area (Å²) in [4.78, 5) is 44.8. The van der Waals surface area contributed by atoms with Crippen molar-refractivity contribution in [2.24, 2.45) is 0 Å². The van der Waals surface area contributed by atoms with Crippen LogP contribution in [-0.2, 0) is 11.3 Å². The van der Waals surface area contributed by atoms with E-state index in [1.165, 1.54) is 10.6 Å². The van der Waals surface area contributed by atoms with Crippen LogP contribution in [0.2, 0.25) is 0 Å². The molecule has 1 aliphatic heterocycles. The lowest BCUT2D eigenvalue weighted by Gasteiger charge is -2.08. The molecule has 5 rings (SSSR count). The zero-order chi connectivity index (χ0) is 24.9. The van der Waals surface area contributed by atoms with Gasteiger partial charge < -0.3 is 20.2 Å². The molecule has 178 valence electrons. The van der Waals surface area contributed by atoms with Crippen LogP contribution in [0.5, 0.6) is 0 Å². The van der Waals surface area contributed by atoms with Crippen LogP contribution in [0, 0.1) is 0 Å². The molecule has 0 fully saturated rings. The highest BCUT2D eigenvalue weighted by molar-refractivity contribution is 6.34. The Hall–Kier alpha value is -4.98. The van der Waals surface area contributed by atoms with E-state index in [4.69, 9.17) is 0 Å². The maximum absolute atomic E-state index is 12.8. The second-order valence-corrected chi connectivity index (χ2v) is 8.27. The Kier molecular flexibility index (Phi) is 6.40. The standard InChI is InChI=1S/C28H23N5O3/c34-26(23-6-3-15-33(28(23)36)18-20-9-13-29-14-10-20)31-12-1-4-19-7-8-22-24(17-21-5-2-11-30-21)27(35)32-25(22)16-19/h1-11,13-17,30H,12,18H2,(H,31,34)(H,32,35)/b4-1+,24-17-. The number of anilines is 1. The number of benzene rings is 1. The molecule has 0 saturated carbocycles. The van der Waals surface area contributed by atoms with Crippen molar-refractivity contribution in [3.8, 4) is 0 Å². The molecule has 4 heterocycles. The third-order valence-electron chi connectivity index (χ3n) is 5.81. The minimum absolute atomic E-state index is 0.0848. The number of H-pyrrole nitrogens is 1. The van der Waals surface area contributed by atoms with E-state index < -0.39 is 5.91 Å². The number of carbonyl (C=O) groups excluding carboxylic acids is 2. The van der Waals surface area contributed by atoms with Crippen LogP contribution >= 0.6 is 0 Å². The van der Waals surface area contributed by atoms with Gasteiger partial charge in [0.1, 0.15) is 5.56 Å². The van der Waals surface area contributed by atoms with Crippen molar-refractivity contribution in [2.75, 3.05) is 11.9 Å². The van der Waals surface area contributed by atoms with E-state index in [1.807, 2.05) is 60.8 Å². The molecule has 3 N–H and O–H groups in total. The predicted molar refractivity (Wildman–Crippen MR) is 139 cm³/mol. The minimum atomic E-state index is -0.436. The monoisotopic (exact) mass is 477 g/mol. The Balaban J connectivity index is 1.22. The molecule has 0 spiro atoms. The number of aromatic amines is 1. The number of rotatable bonds is 7. The Morgan fingerprint density at radius 1 is 1.06 bits per heavy atom. The molecule has 8 heteroatoms. The van der Waals surface area contributed by atoms with Gasteiger partial charge in [-0.2, -0.15) is 0 Å². The summed E-state index contributed by atoms with van der Waals surface area (Å²) in [6.45, 7) is 0.609. The highest BCUT2D eigenvalue weighted by atomic mass is 16.2. The molecule has 3 aromatic heterocycles. The van der Waals surface area contributed by atoms with Crippen LogP contribution in [0.1, 0.15) is 32.7 Å². The number of amides is 2. The number of nitrogens with one attached hydrogen (secondary N) is 3. The quantitative estimate of drug-likeness (QED) is 0.354. The molecule has 1 aliphatic rings. The number of aromatic nitrogens is 3. The van der Waals surface area contributed by atoms with Crippen molar-refractivity contribution >= 4 is 35.2 Å². The van der Waals surface area contributed by atoms with Gasteiger partial charge in [0.2, 0.25) is 0 Å². The average Bonchev–Trinajstić information content (AvgIpc) is 3.51. The van der Waals surface area contributed by atoms with Crippen molar-refractivity contribution in [3.63, 3.8) is 0 Å². The van der Waals surface area contributed by atoms with E-state index in [9.17, 15) is 14.4 Å². The van der Waals surface area contributed by atoms with Gasteiger partial charge in [-0.1, -0.05) is 24.3 Å². The summed E-state index contributed by atoms with van der Waals surface area (Å²) >= 11 is 0. The van der Waals surface area contributed by atoms with Crippen LogP contribution in [-0.4, -0.2) is 32.9 Å². The molecule has 0 aliphatic carbocycles. The van der Waals surface area contributed by atoms with Gasteiger partial charge >= 0.3 is 0 Å². The topological polar surface area (TPSA) is 109 Å². The van der Waals surface area contributed by atoms with Crippen LogP contribution in [0.15, 0.2) is 90.3 Å². The second-order valence-electron chi connectivity index (χ2n) is 8.27. The van der Waals surface area contributed by atoms with E-state index in [-0.39, 0.29) is 23.6 Å². The van der Waals surface area contributed by atoms with E-state index >= 15 is 0 Å². The number of fused-ring (bicyclic) bond motifs is 1. The van der Waals surface area contributed by atoms with Crippen LogP contribution < -0.4 is 16.2 Å². The molecule has 0 unspecified atom stereocenters. The first-order valence-electron chi connectivity index (χ1n) is 11.4. The summed E-state index contributed by atoms with van der Waals surface area (Å²) < 4.78 is 1.50. The summed E-state index contributed by atoms with van der Waals surface area (Å²) in [7, 11) is 0. The Morgan fingerprint density at radius 2 is 1.92 bits per heavy atom. The van der Waals surface area contributed by atoms with Gasteiger partial charge in [-0.25, -0.2) is 0 Å². The van der Waals surface area contributed by atoms with Gasteiger partial charge in [0.25, 0.3) is 17.4 Å². The van der Waals surface area contributed by atoms with Crippen molar-refractivity contribution < 1.29 is 9.59 Å². The highest BCUT2D eigenvalue weighted by Gasteiger charge is 2.24. The van der Waals surface area contributed by atoms with Crippen LogP contribution in [0.4, 0.5) is 5.69 Å². The summed E-state index contributed by atoms with van der Waals surface area (Å²) in [6, 6.07) is 16.3. The lowest BCUT2D eigenvalue weighted by molar-refractivity contribution is -0.110. The zero-order valence-corrected chi connectivity index (χ0v) is 19.3.